The zero-order valence-electron chi connectivity index (χ0n) is 11.2. The van der Waals surface area contributed by atoms with E-state index in [1.54, 1.807) is 6.08 Å². The third-order valence-corrected chi connectivity index (χ3v) is 4.34. The molecule has 102 valence electrons. The van der Waals surface area contributed by atoms with E-state index < -0.39 is 0 Å². The number of aromatic nitrogens is 1. The Morgan fingerprint density at radius 1 is 1.15 bits per heavy atom. The molecule has 1 N–H and O–H groups in total. The number of H-pyrrole nitrogens is 1. The maximum atomic E-state index is 12.2. The summed E-state index contributed by atoms with van der Waals surface area (Å²) in [5, 5.41) is 0. The average Bonchev–Trinajstić information content (AvgIpc) is 2.92. The first-order valence-corrected chi connectivity index (χ1v) is 7.71. The molecule has 2 aromatic rings. The van der Waals surface area contributed by atoms with E-state index in [2.05, 4.69) is 27.0 Å². The SMILES string of the molecule is O=C(/C=C(/Br)c1cc2c([nH]1)CCCC2)c1ccccc1. The molecule has 1 aromatic heterocycles. The van der Waals surface area contributed by atoms with Crippen molar-refractivity contribution in [3.63, 3.8) is 0 Å². The largest absolute Gasteiger partial charge is 0.358 e. The molecular weight excluding hydrogens is 314 g/mol. The summed E-state index contributed by atoms with van der Waals surface area (Å²) in [4.78, 5) is 15.6. The second-order valence-electron chi connectivity index (χ2n) is 5.12. The summed E-state index contributed by atoms with van der Waals surface area (Å²) in [5.41, 5.74) is 4.43. The quantitative estimate of drug-likeness (QED) is 0.652. The van der Waals surface area contributed by atoms with Gasteiger partial charge in [-0.15, -0.1) is 0 Å². The monoisotopic (exact) mass is 329 g/mol. The Kier molecular flexibility index (Phi) is 3.88. The van der Waals surface area contributed by atoms with Gasteiger partial charge < -0.3 is 4.98 Å². The van der Waals surface area contributed by atoms with Crippen molar-refractivity contribution in [1.82, 2.24) is 4.98 Å². The normalized spacial score (nSPS) is 14.9. The highest BCUT2D eigenvalue weighted by molar-refractivity contribution is 9.15. The number of aryl methyl sites for hydroxylation is 2. The molecule has 0 spiro atoms. The molecule has 0 saturated heterocycles. The standard InChI is InChI=1S/C17H16BrNO/c18-14(11-17(20)12-6-2-1-3-7-12)16-10-13-8-4-5-9-15(13)19-16/h1-3,6-7,10-11,19H,4-5,8-9H2/b14-11+. The van der Waals surface area contributed by atoms with Crippen molar-refractivity contribution in [3.8, 4) is 0 Å². The molecule has 2 nitrogen and oxygen atoms in total. The van der Waals surface area contributed by atoms with E-state index in [-0.39, 0.29) is 5.78 Å². The topological polar surface area (TPSA) is 32.9 Å². The van der Waals surface area contributed by atoms with Gasteiger partial charge in [-0.3, -0.25) is 4.79 Å². The van der Waals surface area contributed by atoms with Crippen LogP contribution in [0.2, 0.25) is 0 Å². The van der Waals surface area contributed by atoms with Crippen LogP contribution in [-0.2, 0) is 12.8 Å². The van der Waals surface area contributed by atoms with E-state index >= 15 is 0 Å². The molecule has 0 aliphatic heterocycles. The van der Waals surface area contributed by atoms with Crippen LogP contribution in [0, 0.1) is 0 Å². The molecule has 0 atom stereocenters. The summed E-state index contributed by atoms with van der Waals surface area (Å²) < 4.78 is 0.820. The number of ketones is 1. The number of aromatic amines is 1. The predicted molar refractivity (Wildman–Crippen MR) is 85.1 cm³/mol. The summed E-state index contributed by atoms with van der Waals surface area (Å²) in [7, 11) is 0. The minimum Gasteiger partial charge on any atom is -0.358 e. The summed E-state index contributed by atoms with van der Waals surface area (Å²) in [6.07, 6.45) is 6.40. The summed E-state index contributed by atoms with van der Waals surface area (Å²) in [6.45, 7) is 0. The van der Waals surface area contributed by atoms with Crippen molar-refractivity contribution in [3.05, 3.63) is 65.0 Å². The first-order valence-electron chi connectivity index (χ1n) is 6.92. The van der Waals surface area contributed by atoms with Crippen LogP contribution in [0.4, 0.5) is 0 Å². The van der Waals surface area contributed by atoms with Gasteiger partial charge in [-0.25, -0.2) is 0 Å². The van der Waals surface area contributed by atoms with Gasteiger partial charge >= 0.3 is 0 Å². The highest BCUT2D eigenvalue weighted by Gasteiger charge is 2.14. The van der Waals surface area contributed by atoms with Gasteiger partial charge in [-0.05, 0) is 53.2 Å². The second kappa shape index (κ2) is 5.80. The van der Waals surface area contributed by atoms with Gasteiger partial charge in [0, 0.05) is 21.8 Å². The lowest BCUT2D eigenvalue weighted by Gasteiger charge is -2.08. The lowest BCUT2D eigenvalue weighted by atomic mass is 9.98. The Bertz CT molecular complexity index is 631. The molecule has 0 fully saturated rings. The van der Waals surface area contributed by atoms with Crippen LogP contribution >= 0.6 is 15.9 Å². The van der Waals surface area contributed by atoms with E-state index in [1.807, 2.05) is 30.3 Å². The number of rotatable bonds is 3. The van der Waals surface area contributed by atoms with E-state index in [0.29, 0.717) is 5.56 Å². The fourth-order valence-corrected chi connectivity index (χ4v) is 3.03. The van der Waals surface area contributed by atoms with Gasteiger partial charge in [0.25, 0.3) is 0 Å². The average molecular weight is 330 g/mol. The summed E-state index contributed by atoms with van der Waals surface area (Å²) >= 11 is 3.52. The van der Waals surface area contributed by atoms with E-state index in [4.69, 9.17) is 0 Å². The highest BCUT2D eigenvalue weighted by Crippen LogP contribution is 2.28. The van der Waals surface area contributed by atoms with Crippen molar-refractivity contribution in [1.29, 1.82) is 0 Å². The van der Waals surface area contributed by atoms with Crippen molar-refractivity contribution in [2.75, 3.05) is 0 Å². The van der Waals surface area contributed by atoms with Crippen molar-refractivity contribution < 1.29 is 4.79 Å². The lowest BCUT2D eigenvalue weighted by molar-refractivity contribution is 0.104. The third kappa shape index (κ3) is 2.78. The smallest absolute Gasteiger partial charge is 0.187 e. The van der Waals surface area contributed by atoms with Gasteiger partial charge in [-0.2, -0.15) is 0 Å². The lowest BCUT2D eigenvalue weighted by Crippen LogP contribution is -1.99. The molecule has 20 heavy (non-hydrogen) atoms. The predicted octanol–water partition coefficient (Wildman–Crippen LogP) is 4.51. The zero-order chi connectivity index (χ0) is 13.9. The second-order valence-corrected chi connectivity index (χ2v) is 5.97. The fourth-order valence-electron chi connectivity index (χ4n) is 2.61. The van der Waals surface area contributed by atoms with Gasteiger partial charge in [0.1, 0.15) is 0 Å². The number of fused-ring (bicyclic) bond motifs is 1. The van der Waals surface area contributed by atoms with E-state index in [1.165, 1.54) is 24.1 Å². The number of allylic oxidation sites excluding steroid dienone is 1. The Hall–Kier alpha value is -1.61. The minimum absolute atomic E-state index is 0.0186. The van der Waals surface area contributed by atoms with Crippen molar-refractivity contribution in [2.24, 2.45) is 0 Å². The first kappa shape index (κ1) is 13.4. The first-order chi connectivity index (χ1) is 9.74. The number of hydrogen-bond donors (Lipinski definition) is 1. The number of carbonyl (C=O) groups is 1. The van der Waals surface area contributed by atoms with E-state index in [9.17, 15) is 4.79 Å². The highest BCUT2D eigenvalue weighted by atomic mass is 79.9. The number of carbonyl (C=O) groups excluding carboxylic acids is 1. The van der Waals surface area contributed by atoms with Gasteiger partial charge in [-0.1, -0.05) is 30.3 Å². The van der Waals surface area contributed by atoms with E-state index in [0.717, 1.165) is 23.0 Å². The Balaban J connectivity index is 1.85. The number of halogens is 1. The molecule has 3 heteroatoms. The molecule has 3 rings (SSSR count). The third-order valence-electron chi connectivity index (χ3n) is 3.69. The van der Waals surface area contributed by atoms with Crippen molar-refractivity contribution in [2.45, 2.75) is 25.7 Å². The van der Waals surface area contributed by atoms with Gasteiger partial charge in [0.05, 0.1) is 5.69 Å². The van der Waals surface area contributed by atoms with Crippen LogP contribution in [0.1, 0.15) is 40.2 Å². The molecule has 1 aliphatic rings. The van der Waals surface area contributed by atoms with Crippen LogP contribution in [0.5, 0.6) is 0 Å². The van der Waals surface area contributed by atoms with Crippen LogP contribution in [0.15, 0.2) is 42.5 Å². The molecule has 0 radical (unpaired) electrons. The summed E-state index contributed by atoms with van der Waals surface area (Å²) in [6, 6.07) is 11.5. The number of nitrogens with one attached hydrogen (secondary N) is 1. The van der Waals surface area contributed by atoms with Crippen LogP contribution in [0.3, 0.4) is 0 Å². The maximum Gasteiger partial charge on any atom is 0.187 e. The maximum absolute atomic E-state index is 12.2. The molecule has 1 aromatic carbocycles. The Morgan fingerprint density at radius 3 is 2.65 bits per heavy atom. The molecule has 1 heterocycles. The fraction of sp³-hybridized carbons (Fsp3) is 0.235. The van der Waals surface area contributed by atoms with Gasteiger partial charge in [0.15, 0.2) is 5.78 Å². The number of benzene rings is 1. The molecule has 1 aliphatic carbocycles. The summed E-state index contributed by atoms with van der Waals surface area (Å²) in [5.74, 6) is 0.0186. The Morgan fingerprint density at radius 2 is 1.90 bits per heavy atom. The zero-order valence-corrected chi connectivity index (χ0v) is 12.7. The van der Waals surface area contributed by atoms with Crippen molar-refractivity contribution >= 4 is 26.2 Å². The molecule has 0 unspecified atom stereocenters. The Labute approximate surface area is 127 Å². The number of hydrogen-bond acceptors (Lipinski definition) is 1. The van der Waals surface area contributed by atoms with Crippen LogP contribution in [0.25, 0.3) is 4.48 Å². The molecule has 0 bridgehead atoms. The van der Waals surface area contributed by atoms with Gasteiger partial charge in [0.2, 0.25) is 0 Å². The van der Waals surface area contributed by atoms with Crippen LogP contribution < -0.4 is 0 Å². The molecule has 0 amide bonds. The molecular formula is C17H16BrNO. The minimum atomic E-state index is 0.0186. The molecule has 0 saturated carbocycles. The van der Waals surface area contributed by atoms with Crippen LogP contribution in [-0.4, -0.2) is 10.8 Å².